The Morgan fingerprint density at radius 1 is 0.600 bits per heavy atom. The molecule has 0 bridgehead atoms. The van der Waals surface area contributed by atoms with E-state index in [0.717, 1.165) is 0 Å². The van der Waals surface area contributed by atoms with Crippen LogP contribution in [0.1, 0.15) is 38.9 Å². The van der Waals surface area contributed by atoms with E-state index < -0.39 is 0 Å². The van der Waals surface area contributed by atoms with Gasteiger partial charge >= 0.3 is 6.85 Å². The fourth-order valence-corrected chi connectivity index (χ4v) is 4.95. The van der Waals surface area contributed by atoms with Crippen LogP contribution in [0.2, 0.25) is 0 Å². The summed E-state index contributed by atoms with van der Waals surface area (Å²) in [6.45, 7) is 13.5. The third-order valence-electron chi connectivity index (χ3n) is 6.34. The molecule has 0 aliphatic carbocycles. The second-order valence-electron chi connectivity index (χ2n) is 8.56. The van der Waals surface area contributed by atoms with Crippen molar-refractivity contribution in [2.75, 3.05) is 4.81 Å². The Morgan fingerprint density at radius 3 is 1.60 bits per heavy atom. The van der Waals surface area contributed by atoms with Crippen molar-refractivity contribution in [3.8, 4) is 0 Å². The Bertz CT molecular complexity index is 1110. The second-order valence-corrected chi connectivity index (χ2v) is 8.56. The number of hydrogen-bond donors (Lipinski definition) is 0. The van der Waals surface area contributed by atoms with Crippen LogP contribution in [-0.2, 0) is 0 Å². The van der Waals surface area contributed by atoms with E-state index in [4.69, 9.17) is 0 Å². The van der Waals surface area contributed by atoms with E-state index in [9.17, 15) is 0 Å². The van der Waals surface area contributed by atoms with Crippen LogP contribution in [0.5, 0.6) is 0 Å². The summed E-state index contributed by atoms with van der Waals surface area (Å²) in [5.74, 6) is 2.35. The van der Waals surface area contributed by atoms with Crippen molar-refractivity contribution >= 4 is 23.7 Å². The summed E-state index contributed by atoms with van der Waals surface area (Å²) >= 11 is 0. The van der Waals surface area contributed by atoms with Crippen LogP contribution in [0.25, 0.3) is 5.70 Å². The normalized spacial score (nSPS) is 13.6. The summed E-state index contributed by atoms with van der Waals surface area (Å²) in [4.78, 5) is 2.56. The Kier molecular flexibility index (Phi) is 5.43. The monoisotopic (exact) mass is 391 g/mol. The number of anilines is 1. The highest BCUT2D eigenvalue weighted by molar-refractivity contribution is 6.83. The summed E-state index contributed by atoms with van der Waals surface area (Å²) in [5.41, 5.74) is 13.2. The number of allylic oxidation sites excluding steroid dienone is 2. The van der Waals surface area contributed by atoms with Crippen molar-refractivity contribution in [2.45, 2.75) is 41.5 Å². The van der Waals surface area contributed by atoms with Crippen LogP contribution in [0.3, 0.4) is 0 Å². The second kappa shape index (κ2) is 8.03. The van der Waals surface area contributed by atoms with Crippen molar-refractivity contribution in [1.29, 1.82) is 0 Å². The van der Waals surface area contributed by atoms with Crippen molar-refractivity contribution in [3.63, 3.8) is 0 Å². The molecule has 1 aliphatic heterocycles. The zero-order chi connectivity index (χ0) is 21.4. The molecular weight excluding hydrogens is 361 g/mol. The lowest BCUT2D eigenvalue weighted by Crippen LogP contribution is -2.50. The van der Waals surface area contributed by atoms with Gasteiger partial charge in [0.1, 0.15) is 0 Å². The van der Waals surface area contributed by atoms with Gasteiger partial charge in [0.25, 0.3) is 0 Å². The number of para-hydroxylation sites is 1. The Hall–Kier alpha value is -3.00. The third kappa shape index (κ3) is 3.41. The smallest absolute Gasteiger partial charge is 0.321 e. The predicted octanol–water partition coefficient (Wildman–Crippen LogP) is 6.39. The maximum Gasteiger partial charge on any atom is 0.321 e. The van der Waals surface area contributed by atoms with E-state index in [1.165, 1.54) is 55.8 Å². The highest BCUT2D eigenvalue weighted by Gasteiger charge is 2.33. The maximum absolute atomic E-state index is 2.56. The molecule has 30 heavy (non-hydrogen) atoms. The van der Waals surface area contributed by atoms with Gasteiger partial charge in [0.05, 0.1) is 0 Å². The van der Waals surface area contributed by atoms with Crippen LogP contribution in [0, 0.1) is 41.5 Å². The van der Waals surface area contributed by atoms with Gasteiger partial charge in [0, 0.05) is 16.9 Å². The lowest BCUT2D eigenvalue weighted by atomic mass is 9.50. The van der Waals surface area contributed by atoms with Gasteiger partial charge in [-0.3, -0.25) is 0 Å². The Morgan fingerprint density at radius 2 is 1.07 bits per heavy atom. The molecule has 0 saturated heterocycles. The van der Waals surface area contributed by atoms with Gasteiger partial charge in [-0.15, -0.1) is 0 Å². The third-order valence-corrected chi connectivity index (χ3v) is 6.34. The highest BCUT2D eigenvalue weighted by atomic mass is 15.1. The number of rotatable bonds is 3. The highest BCUT2D eigenvalue weighted by Crippen LogP contribution is 2.37. The van der Waals surface area contributed by atoms with Gasteiger partial charge in [-0.25, -0.2) is 0 Å². The molecule has 0 amide bonds. The summed E-state index contributed by atoms with van der Waals surface area (Å²) < 4.78 is 0. The molecule has 0 fully saturated rings. The van der Waals surface area contributed by atoms with Gasteiger partial charge in [0.15, 0.2) is 0 Å². The summed E-state index contributed by atoms with van der Waals surface area (Å²) in [5, 5.41) is 0. The molecule has 0 saturated carbocycles. The van der Waals surface area contributed by atoms with E-state index in [2.05, 4.69) is 119 Å². The van der Waals surface area contributed by atoms with Gasteiger partial charge in [0.2, 0.25) is 0 Å². The molecule has 1 nitrogen and oxygen atoms in total. The minimum Gasteiger partial charge on any atom is -0.376 e. The average molecular weight is 391 g/mol. The van der Waals surface area contributed by atoms with Crippen molar-refractivity contribution < 1.29 is 0 Å². The zero-order valence-electron chi connectivity index (χ0n) is 19.0. The maximum atomic E-state index is 2.56. The molecule has 0 unspecified atom stereocenters. The van der Waals surface area contributed by atoms with E-state index in [1.807, 2.05) is 0 Å². The number of hydrogen-bond acceptors (Lipinski definition) is 1. The molecule has 2 heteroatoms. The van der Waals surface area contributed by atoms with E-state index >= 15 is 0 Å². The first-order valence-corrected chi connectivity index (χ1v) is 10.8. The minimum atomic E-state index is 0.157. The molecule has 150 valence electrons. The Labute approximate surface area is 181 Å². The first-order valence-electron chi connectivity index (χ1n) is 10.8. The Balaban J connectivity index is 2.02. The SMILES string of the molecule is Cc1cccc(C)c1B1C=CC=C(c2c(C)cccc2C)N1c1c(C)cccc1C. The first-order chi connectivity index (χ1) is 14.4. The van der Waals surface area contributed by atoms with E-state index in [0.29, 0.717) is 0 Å². The van der Waals surface area contributed by atoms with Gasteiger partial charge in [-0.05, 0) is 75.3 Å². The average Bonchev–Trinajstić information content (AvgIpc) is 2.69. The van der Waals surface area contributed by atoms with Gasteiger partial charge in [-0.2, -0.15) is 0 Å². The van der Waals surface area contributed by atoms with Crippen LogP contribution in [0.15, 0.2) is 72.7 Å². The van der Waals surface area contributed by atoms with Gasteiger partial charge in [-0.1, -0.05) is 77.8 Å². The molecule has 0 spiro atoms. The fraction of sp³-hybridized carbons (Fsp3) is 0.214. The molecule has 0 N–H and O–H groups in total. The molecule has 0 atom stereocenters. The fourth-order valence-electron chi connectivity index (χ4n) is 4.95. The molecule has 4 rings (SSSR count). The molecular formula is C28H30BN. The van der Waals surface area contributed by atoms with E-state index in [1.54, 1.807) is 0 Å². The van der Waals surface area contributed by atoms with Crippen molar-refractivity contribution in [2.24, 2.45) is 0 Å². The standard InChI is InChI=1S/C28H30BN/c1-19-11-7-12-20(2)26(19)25-17-10-18-29(27-21(3)13-8-14-22(27)4)30(25)28-23(5)15-9-16-24(28)6/h7-18H,1-6H3. The summed E-state index contributed by atoms with van der Waals surface area (Å²) in [6, 6.07) is 19.8. The lowest BCUT2D eigenvalue weighted by molar-refractivity contribution is 1.24. The lowest BCUT2D eigenvalue weighted by Gasteiger charge is -2.38. The minimum absolute atomic E-state index is 0.157. The molecule has 1 heterocycles. The van der Waals surface area contributed by atoms with Crippen LogP contribution in [-0.4, -0.2) is 6.85 Å². The first kappa shape index (κ1) is 20.3. The quantitative estimate of drug-likeness (QED) is 0.468. The summed E-state index contributed by atoms with van der Waals surface area (Å²) in [7, 11) is 0. The van der Waals surface area contributed by atoms with Crippen molar-refractivity contribution in [3.05, 3.63) is 112 Å². The largest absolute Gasteiger partial charge is 0.376 e. The summed E-state index contributed by atoms with van der Waals surface area (Å²) in [6.07, 6.45) is 4.52. The van der Waals surface area contributed by atoms with Crippen molar-refractivity contribution in [1.82, 2.24) is 0 Å². The number of benzene rings is 3. The van der Waals surface area contributed by atoms with Crippen LogP contribution in [0.4, 0.5) is 5.69 Å². The molecule has 0 radical (unpaired) electrons. The molecule has 3 aromatic carbocycles. The van der Waals surface area contributed by atoms with Crippen LogP contribution < -0.4 is 10.3 Å². The topological polar surface area (TPSA) is 3.24 Å². The molecule has 1 aliphatic rings. The number of nitrogens with zero attached hydrogens (tertiary/aromatic N) is 1. The predicted molar refractivity (Wildman–Crippen MR) is 133 cm³/mol. The number of aryl methyl sites for hydroxylation is 6. The van der Waals surface area contributed by atoms with Gasteiger partial charge < -0.3 is 4.81 Å². The molecule has 3 aromatic rings. The molecule has 0 aromatic heterocycles. The van der Waals surface area contributed by atoms with Crippen LogP contribution >= 0.6 is 0 Å². The zero-order valence-corrected chi connectivity index (χ0v) is 19.0. The van der Waals surface area contributed by atoms with E-state index in [-0.39, 0.29) is 6.85 Å².